The number of rotatable bonds is 13. The van der Waals surface area contributed by atoms with Crippen LogP contribution < -0.4 is 15.1 Å². The monoisotopic (exact) mass is 1160 g/mol. The van der Waals surface area contributed by atoms with Gasteiger partial charge in [0.25, 0.3) is 0 Å². The fourth-order valence-corrected chi connectivity index (χ4v) is 11.8. The number of nitrogens with one attached hydrogen (secondary N) is 1. The van der Waals surface area contributed by atoms with Crippen molar-refractivity contribution in [3.05, 3.63) is 139 Å². The number of aryl methyl sites for hydroxylation is 2. The van der Waals surface area contributed by atoms with E-state index in [-0.39, 0.29) is 18.1 Å². The Morgan fingerprint density at radius 3 is 1.51 bits per heavy atom. The number of aromatic nitrogens is 4. The van der Waals surface area contributed by atoms with Crippen molar-refractivity contribution in [1.29, 1.82) is 0 Å². The number of aldehydes is 1. The van der Waals surface area contributed by atoms with Crippen LogP contribution in [0.3, 0.4) is 0 Å². The lowest BCUT2D eigenvalue weighted by atomic mass is 10.0. The van der Waals surface area contributed by atoms with Gasteiger partial charge in [0.2, 0.25) is 0 Å². The van der Waals surface area contributed by atoms with Crippen LogP contribution in [0.1, 0.15) is 80.9 Å². The highest BCUT2D eigenvalue weighted by atomic mass is 35.5. The van der Waals surface area contributed by atoms with E-state index in [0.29, 0.717) is 101 Å². The molecule has 2 aliphatic carbocycles. The molecule has 0 radical (unpaired) electrons. The molecule has 15 nitrogen and oxygen atoms in total. The van der Waals surface area contributed by atoms with Crippen LogP contribution in [-0.4, -0.2) is 116 Å². The number of hydrogen-bond acceptors (Lipinski definition) is 13. The van der Waals surface area contributed by atoms with Crippen molar-refractivity contribution in [2.45, 2.75) is 50.4 Å². The quantitative estimate of drug-likeness (QED) is 0.0861. The van der Waals surface area contributed by atoms with Crippen LogP contribution in [0.4, 0.5) is 20.2 Å². The van der Waals surface area contributed by atoms with Gasteiger partial charge in [-0.15, -0.1) is 0 Å². The number of piperazine rings is 2. The lowest BCUT2D eigenvalue weighted by Gasteiger charge is -2.36. The third-order valence-electron chi connectivity index (χ3n) is 15.0. The summed E-state index contributed by atoms with van der Waals surface area (Å²) in [5.74, 6) is 1.02. The molecule has 2 saturated carbocycles. The highest BCUT2D eigenvalue weighted by Crippen LogP contribution is 2.47. The first kappa shape index (κ1) is 55.8. The lowest BCUT2D eigenvalue weighted by Crippen LogP contribution is -2.47. The van der Waals surface area contributed by atoms with Gasteiger partial charge in [-0.05, 0) is 80.6 Å². The van der Waals surface area contributed by atoms with Gasteiger partial charge in [-0.1, -0.05) is 68.8 Å². The zero-order chi connectivity index (χ0) is 55.6. The summed E-state index contributed by atoms with van der Waals surface area (Å²) in [7, 11) is 6.13. The summed E-state index contributed by atoms with van der Waals surface area (Å²) in [5, 5.41) is 15.0. The number of methoxy groups -OCH3 is 2. The molecule has 414 valence electrons. The number of benzene rings is 4. The number of hydrogen-bond donors (Lipinski definition) is 1. The van der Waals surface area contributed by atoms with E-state index in [4.69, 9.17) is 64.9 Å². The minimum atomic E-state index is -0.473. The fraction of sp³-hybridized carbons (Fsp3) is 0.362. The SMILES string of the molecule is COC(=O)c1cn(C)c2c(F)c(N3CCN(CCc4c(-c5c(Cl)cccc5Cl)noc4C4CC4)CC3)ccc12.COC(=O)c1cn(C)c2c(F)c(N3CCNCC3)ccc12.O=CCc1c(-c2c(Cl)cccc2Cl)noc1C1CC1. The Balaban J connectivity index is 0.000000148. The maximum absolute atomic E-state index is 15.7. The van der Waals surface area contributed by atoms with Gasteiger partial charge in [0, 0.05) is 137 Å². The molecule has 21 heteroatoms. The van der Waals surface area contributed by atoms with Crippen LogP contribution in [0, 0.1) is 11.6 Å². The molecule has 2 aliphatic heterocycles. The van der Waals surface area contributed by atoms with Gasteiger partial charge in [-0.3, -0.25) is 4.90 Å². The molecule has 4 aromatic carbocycles. The van der Waals surface area contributed by atoms with Crippen LogP contribution in [0.5, 0.6) is 0 Å². The van der Waals surface area contributed by atoms with Crippen LogP contribution in [-0.2, 0) is 41.2 Å². The van der Waals surface area contributed by atoms with Crippen molar-refractivity contribution < 1.29 is 41.7 Å². The van der Waals surface area contributed by atoms with Gasteiger partial charge in [0.1, 0.15) is 29.2 Å². The summed E-state index contributed by atoms with van der Waals surface area (Å²) in [6.45, 7) is 7.04. The molecule has 2 saturated heterocycles. The van der Waals surface area contributed by atoms with E-state index in [1.54, 1.807) is 78.1 Å². The highest BCUT2D eigenvalue weighted by molar-refractivity contribution is 6.39. The standard InChI is InChI=1S/C29H29Cl2FN4O3.C15H18FN3O2.C14H11Cl2NO2/c1-34-16-20(29(37)38-2)18-8-9-23(25(32)27(18)34)36-14-12-35(13-15-36)11-10-19-26(33-39-28(19)17-6-7-17)24-21(30)4-3-5-22(24)31;1-18-9-11(15(20)21-2)10-3-4-12(13(16)14(10)18)19-7-5-17-6-8-19;15-10-2-1-3-11(16)12(10)13-9(6-7-18)14(19-17-13)8-4-5-8/h3-5,8-9,16-17H,6-7,10-15H2,1-2H3;3-4,9,17H,5-8H2,1-2H3;1-3,7-8H,4-6H2. The zero-order valence-corrected chi connectivity index (χ0v) is 47.0. The van der Waals surface area contributed by atoms with Gasteiger partial charge in [-0.25, -0.2) is 18.4 Å². The highest BCUT2D eigenvalue weighted by Gasteiger charge is 2.35. The smallest absolute Gasteiger partial charge is 0.340 e. The van der Waals surface area contributed by atoms with Crippen LogP contribution in [0.2, 0.25) is 20.1 Å². The van der Waals surface area contributed by atoms with E-state index in [9.17, 15) is 18.8 Å². The maximum atomic E-state index is 15.7. The van der Waals surface area contributed by atoms with Crippen molar-refractivity contribution in [2.75, 3.05) is 82.9 Å². The van der Waals surface area contributed by atoms with Gasteiger partial charge < -0.3 is 47.6 Å². The average Bonchev–Trinajstić information content (AvgIpc) is 4.54. The van der Waals surface area contributed by atoms with Crippen molar-refractivity contribution in [1.82, 2.24) is 29.7 Å². The van der Waals surface area contributed by atoms with E-state index in [1.807, 2.05) is 23.1 Å². The molecule has 6 heterocycles. The largest absolute Gasteiger partial charge is 0.465 e. The summed E-state index contributed by atoms with van der Waals surface area (Å²) < 4.78 is 54.6. The molecular weight excluding hydrogens is 1100 g/mol. The fourth-order valence-electron chi connectivity index (χ4n) is 10.6. The van der Waals surface area contributed by atoms with Crippen LogP contribution in [0.15, 0.2) is 82.1 Å². The van der Waals surface area contributed by atoms with E-state index >= 15 is 4.39 Å². The predicted octanol–water partition coefficient (Wildman–Crippen LogP) is 12.1. The van der Waals surface area contributed by atoms with E-state index in [0.717, 1.165) is 118 Å². The molecule has 4 aliphatic rings. The number of esters is 2. The Morgan fingerprint density at radius 2 is 1.08 bits per heavy atom. The molecule has 0 amide bonds. The van der Waals surface area contributed by atoms with E-state index in [1.165, 1.54) is 14.2 Å². The number of anilines is 2. The molecular formula is C58H58Cl4F2N8O7. The minimum absolute atomic E-state index is 0.270. The topological polar surface area (TPSA) is 153 Å². The first-order valence-electron chi connectivity index (χ1n) is 26.2. The van der Waals surface area contributed by atoms with E-state index in [2.05, 4.69) is 25.4 Å². The molecule has 0 bridgehead atoms. The molecule has 4 fully saturated rings. The molecule has 12 rings (SSSR count). The Kier molecular flexibility index (Phi) is 17.0. The van der Waals surface area contributed by atoms with Crippen LogP contribution in [0.25, 0.3) is 44.3 Å². The van der Waals surface area contributed by atoms with Gasteiger partial charge >= 0.3 is 11.9 Å². The minimum Gasteiger partial charge on any atom is -0.465 e. The molecule has 79 heavy (non-hydrogen) atoms. The van der Waals surface area contributed by atoms with Crippen molar-refractivity contribution in [3.8, 4) is 22.5 Å². The summed E-state index contributed by atoms with van der Waals surface area (Å²) >= 11 is 25.4. The van der Waals surface area contributed by atoms with Crippen molar-refractivity contribution in [3.63, 3.8) is 0 Å². The maximum Gasteiger partial charge on any atom is 0.340 e. The lowest BCUT2D eigenvalue weighted by molar-refractivity contribution is -0.107. The number of ether oxygens (including phenoxy) is 2. The molecule has 0 atom stereocenters. The van der Waals surface area contributed by atoms with Gasteiger partial charge in [0.05, 0.1) is 67.8 Å². The van der Waals surface area contributed by atoms with Gasteiger partial charge in [0.15, 0.2) is 11.6 Å². The number of carbonyl (C=O) groups excluding carboxylic acids is 3. The summed E-state index contributed by atoms with van der Waals surface area (Å²) in [6, 6.07) is 17.8. The average molecular weight is 1160 g/mol. The summed E-state index contributed by atoms with van der Waals surface area (Å²) in [4.78, 5) is 41.2. The molecule has 1 N–H and O–H groups in total. The van der Waals surface area contributed by atoms with Crippen LogP contribution >= 0.6 is 46.4 Å². The van der Waals surface area contributed by atoms with Gasteiger partial charge in [-0.2, -0.15) is 0 Å². The van der Waals surface area contributed by atoms with Crippen molar-refractivity contribution >= 4 is 97.8 Å². The molecule has 4 aromatic heterocycles. The summed E-state index contributed by atoms with van der Waals surface area (Å²) in [5.41, 5.74) is 7.29. The Bertz CT molecular complexity index is 3530. The molecule has 0 unspecified atom stereocenters. The third-order valence-corrected chi connectivity index (χ3v) is 16.3. The Hall–Kier alpha value is -6.47. The second-order valence-corrected chi connectivity index (χ2v) is 21.7. The summed E-state index contributed by atoms with van der Waals surface area (Å²) in [6.07, 6.45) is 9.50. The number of carbonyl (C=O) groups is 3. The van der Waals surface area contributed by atoms with E-state index < -0.39 is 11.9 Å². The number of halogens is 6. The number of fused-ring (bicyclic) bond motifs is 2. The first-order valence-corrected chi connectivity index (χ1v) is 27.7. The third kappa shape index (κ3) is 11.5. The second-order valence-electron chi connectivity index (χ2n) is 20.1. The normalized spacial score (nSPS) is 15.7. The predicted molar refractivity (Wildman–Crippen MR) is 304 cm³/mol. The first-order chi connectivity index (χ1) is 38.2. The zero-order valence-electron chi connectivity index (χ0n) is 44.0. The second kappa shape index (κ2) is 24.1. The number of nitrogens with zero attached hydrogens (tertiary/aromatic N) is 7. The van der Waals surface area contributed by atoms with Crippen molar-refractivity contribution in [2.24, 2.45) is 14.1 Å². The molecule has 0 spiro atoms. The Labute approximate surface area is 475 Å². The Morgan fingerprint density at radius 1 is 0.646 bits per heavy atom. The molecule has 8 aromatic rings.